The molecular formula is C15H11FN2O2. The van der Waals surface area contributed by atoms with Crippen LogP contribution in [0, 0.1) is 17.1 Å². The molecule has 0 heterocycles. The summed E-state index contributed by atoms with van der Waals surface area (Å²) in [7, 11) is 0. The van der Waals surface area contributed by atoms with Crippen LogP contribution in [0.1, 0.15) is 17.2 Å². The van der Waals surface area contributed by atoms with Crippen LogP contribution < -0.4 is 5.32 Å². The number of carboxylic acids is 1. The second-order valence-electron chi connectivity index (χ2n) is 4.16. The van der Waals surface area contributed by atoms with Gasteiger partial charge in [-0.05, 0) is 35.9 Å². The van der Waals surface area contributed by atoms with Gasteiger partial charge in [0.05, 0.1) is 11.6 Å². The van der Waals surface area contributed by atoms with E-state index >= 15 is 0 Å². The monoisotopic (exact) mass is 270 g/mol. The van der Waals surface area contributed by atoms with Gasteiger partial charge in [-0.25, -0.2) is 9.18 Å². The molecule has 0 saturated carbocycles. The predicted molar refractivity (Wildman–Crippen MR) is 71.6 cm³/mol. The standard InChI is InChI=1S/C15H11FN2O2/c16-12-6-4-11(5-7-12)14(15(19)20)18-13-3-1-2-10(8-13)9-17/h1-8,14,18H,(H,19,20). The molecule has 0 radical (unpaired) electrons. The van der Waals surface area contributed by atoms with Gasteiger partial charge in [-0.2, -0.15) is 5.26 Å². The Morgan fingerprint density at radius 1 is 1.25 bits per heavy atom. The molecule has 0 bridgehead atoms. The maximum Gasteiger partial charge on any atom is 0.330 e. The fourth-order valence-corrected chi connectivity index (χ4v) is 1.79. The third-order valence-corrected chi connectivity index (χ3v) is 2.75. The zero-order chi connectivity index (χ0) is 14.5. The summed E-state index contributed by atoms with van der Waals surface area (Å²) < 4.78 is 12.9. The molecule has 5 heteroatoms. The van der Waals surface area contributed by atoms with E-state index in [2.05, 4.69) is 5.32 Å². The van der Waals surface area contributed by atoms with Crippen LogP contribution in [-0.4, -0.2) is 11.1 Å². The minimum absolute atomic E-state index is 0.427. The van der Waals surface area contributed by atoms with E-state index < -0.39 is 17.8 Å². The van der Waals surface area contributed by atoms with Gasteiger partial charge in [0, 0.05) is 5.69 Å². The summed E-state index contributed by atoms with van der Waals surface area (Å²) in [5.74, 6) is -1.51. The van der Waals surface area contributed by atoms with Gasteiger partial charge in [0.1, 0.15) is 5.82 Å². The van der Waals surface area contributed by atoms with E-state index in [9.17, 15) is 14.3 Å². The molecule has 0 aliphatic rings. The average molecular weight is 270 g/mol. The van der Waals surface area contributed by atoms with Crippen LogP contribution in [0.3, 0.4) is 0 Å². The van der Waals surface area contributed by atoms with Gasteiger partial charge in [0.25, 0.3) is 0 Å². The van der Waals surface area contributed by atoms with Crippen LogP contribution in [0.4, 0.5) is 10.1 Å². The Morgan fingerprint density at radius 2 is 1.95 bits per heavy atom. The largest absolute Gasteiger partial charge is 0.479 e. The average Bonchev–Trinajstić information content (AvgIpc) is 2.46. The van der Waals surface area contributed by atoms with E-state index in [-0.39, 0.29) is 0 Å². The smallest absolute Gasteiger partial charge is 0.330 e. The second kappa shape index (κ2) is 5.85. The lowest BCUT2D eigenvalue weighted by molar-refractivity contribution is -0.138. The lowest BCUT2D eigenvalue weighted by Gasteiger charge is -2.16. The summed E-state index contributed by atoms with van der Waals surface area (Å²) >= 11 is 0. The second-order valence-corrected chi connectivity index (χ2v) is 4.16. The summed E-state index contributed by atoms with van der Waals surface area (Å²) in [6.07, 6.45) is 0. The van der Waals surface area contributed by atoms with Crippen molar-refractivity contribution in [3.8, 4) is 6.07 Å². The Morgan fingerprint density at radius 3 is 2.55 bits per heavy atom. The minimum atomic E-state index is -1.08. The van der Waals surface area contributed by atoms with E-state index in [4.69, 9.17) is 5.26 Å². The van der Waals surface area contributed by atoms with Crippen molar-refractivity contribution < 1.29 is 14.3 Å². The van der Waals surface area contributed by atoms with E-state index in [0.717, 1.165) is 0 Å². The Balaban J connectivity index is 2.28. The first kappa shape index (κ1) is 13.6. The lowest BCUT2D eigenvalue weighted by Crippen LogP contribution is -2.20. The molecule has 1 atom stereocenters. The number of aliphatic carboxylic acids is 1. The van der Waals surface area contributed by atoms with Crippen LogP contribution in [-0.2, 0) is 4.79 Å². The third kappa shape index (κ3) is 3.12. The van der Waals surface area contributed by atoms with E-state index in [1.807, 2.05) is 6.07 Å². The van der Waals surface area contributed by atoms with Gasteiger partial charge in [0.15, 0.2) is 6.04 Å². The molecule has 2 aromatic carbocycles. The SMILES string of the molecule is N#Cc1cccc(NC(C(=O)O)c2ccc(F)cc2)c1. The zero-order valence-electron chi connectivity index (χ0n) is 10.4. The van der Waals surface area contributed by atoms with Crippen LogP contribution in [0.15, 0.2) is 48.5 Å². The Bertz CT molecular complexity index is 662. The van der Waals surface area contributed by atoms with Crippen molar-refractivity contribution in [1.29, 1.82) is 5.26 Å². The number of nitriles is 1. The predicted octanol–water partition coefficient (Wildman–Crippen LogP) is 2.94. The molecule has 0 saturated heterocycles. The van der Waals surface area contributed by atoms with Crippen molar-refractivity contribution in [2.75, 3.05) is 5.32 Å². The number of carboxylic acid groups (broad SMARTS) is 1. The van der Waals surface area contributed by atoms with Crippen LogP contribution in [0.5, 0.6) is 0 Å². The van der Waals surface area contributed by atoms with Crippen LogP contribution in [0.2, 0.25) is 0 Å². The molecule has 0 fully saturated rings. The number of hydrogen-bond acceptors (Lipinski definition) is 3. The lowest BCUT2D eigenvalue weighted by atomic mass is 10.1. The first-order valence-corrected chi connectivity index (χ1v) is 5.85. The third-order valence-electron chi connectivity index (χ3n) is 2.75. The number of hydrogen-bond donors (Lipinski definition) is 2. The number of rotatable bonds is 4. The van der Waals surface area contributed by atoms with Gasteiger partial charge < -0.3 is 10.4 Å². The Kier molecular flexibility index (Phi) is 3.96. The highest BCUT2D eigenvalue weighted by Crippen LogP contribution is 2.21. The summed E-state index contributed by atoms with van der Waals surface area (Å²) in [6.45, 7) is 0. The van der Waals surface area contributed by atoms with E-state index in [0.29, 0.717) is 16.8 Å². The number of nitrogens with zero attached hydrogens (tertiary/aromatic N) is 1. The molecule has 20 heavy (non-hydrogen) atoms. The number of nitrogens with one attached hydrogen (secondary N) is 1. The Hall–Kier alpha value is -2.87. The molecule has 0 amide bonds. The first-order chi connectivity index (χ1) is 9.60. The van der Waals surface area contributed by atoms with E-state index in [1.54, 1.807) is 24.3 Å². The highest BCUT2D eigenvalue weighted by Gasteiger charge is 2.19. The van der Waals surface area contributed by atoms with Gasteiger partial charge in [0.2, 0.25) is 0 Å². The van der Waals surface area contributed by atoms with Crippen molar-refractivity contribution >= 4 is 11.7 Å². The van der Waals surface area contributed by atoms with Crippen molar-refractivity contribution in [2.45, 2.75) is 6.04 Å². The van der Waals surface area contributed by atoms with Crippen LogP contribution >= 0.6 is 0 Å². The van der Waals surface area contributed by atoms with Gasteiger partial charge in [-0.1, -0.05) is 18.2 Å². The molecular weight excluding hydrogens is 259 g/mol. The molecule has 100 valence electrons. The molecule has 1 unspecified atom stereocenters. The fourth-order valence-electron chi connectivity index (χ4n) is 1.79. The molecule has 4 nitrogen and oxygen atoms in total. The van der Waals surface area contributed by atoms with Crippen LogP contribution in [0.25, 0.3) is 0 Å². The molecule has 0 aromatic heterocycles. The number of anilines is 1. The summed E-state index contributed by atoms with van der Waals surface area (Å²) in [6, 6.07) is 12.7. The highest BCUT2D eigenvalue weighted by molar-refractivity contribution is 5.79. The van der Waals surface area contributed by atoms with Crippen molar-refractivity contribution in [3.63, 3.8) is 0 Å². The fraction of sp³-hybridized carbons (Fsp3) is 0.0667. The molecule has 2 rings (SSSR count). The maximum atomic E-state index is 12.9. The van der Waals surface area contributed by atoms with Gasteiger partial charge >= 0.3 is 5.97 Å². The molecule has 2 N–H and O–H groups in total. The first-order valence-electron chi connectivity index (χ1n) is 5.85. The molecule has 0 aliphatic carbocycles. The molecule has 0 aliphatic heterocycles. The van der Waals surface area contributed by atoms with Crippen molar-refractivity contribution in [3.05, 3.63) is 65.5 Å². The number of carbonyl (C=O) groups is 1. The van der Waals surface area contributed by atoms with Crippen molar-refractivity contribution in [1.82, 2.24) is 0 Å². The Labute approximate surface area is 115 Å². The summed E-state index contributed by atoms with van der Waals surface area (Å²) in [5.41, 5.74) is 1.38. The summed E-state index contributed by atoms with van der Waals surface area (Å²) in [5, 5.41) is 20.9. The quantitative estimate of drug-likeness (QED) is 0.895. The topological polar surface area (TPSA) is 73.1 Å². The normalized spacial score (nSPS) is 11.4. The van der Waals surface area contributed by atoms with Gasteiger partial charge in [-0.15, -0.1) is 0 Å². The van der Waals surface area contributed by atoms with E-state index in [1.165, 1.54) is 24.3 Å². The number of benzene rings is 2. The number of halogens is 1. The van der Waals surface area contributed by atoms with Gasteiger partial charge in [-0.3, -0.25) is 0 Å². The minimum Gasteiger partial charge on any atom is -0.479 e. The molecule has 0 spiro atoms. The summed E-state index contributed by atoms with van der Waals surface area (Å²) in [4.78, 5) is 11.3. The molecule has 2 aromatic rings. The zero-order valence-corrected chi connectivity index (χ0v) is 10.4. The highest BCUT2D eigenvalue weighted by atomic mass is 19.1. The maximum absolute atomic E-state index is 12.9. The van der Waals surface area contributed by atoms with Crippen molar-refractivity contribution in [2.24, 2.45) is 0 Å².